The van der Waals surface area contributed by atoms with Crippen LogP contribution in [0.1, 0.15) is 29.7 Å². The van der Waals surface area contributed by atoms with E-state index in [1.807, 2.05) is 22.2 Å². The van der Waals surface area contributed by atoms with Crippen molar-refractivity contribution in [2.24, 2.45) is 0 Å². The Labute approximate surface area is 169 Å². The van der Waals surface area contributed by atoms with Crippen LogP contribution in [0.25, 0.3) is 4.96 Å². The molecule has 1 saturated heterocycles. The lowest BCUT2D eigenvalue weighted by Crippen LogP contribution is -2.45. The molecule has 0 bridgehead atoms. The molecule has 0 saturated carbocycles. The fraction of sp³-hybridized carbons (Fsp3) is 0.400. The van der Waals surface area contributed by atoms with E-state index in [1.165, 1.54) is 23.5 Å². The third-order valence-corrected chi connectivity index (χ3v) is 6.13. The number of aromatic nitrogens is 2. The summed E-state index contributed by atoms with van der Waals surface area (Å²) >= 11 is 1.49. The fourth-order valence-electron chi connectivity index (χ4n) is 3.71. The highest BCUT2D eigenvalue weighted by Crippen LogP contribution is 2.37. The molecule has 1 aliphatic heterocycles. The normalized spacial score (nSPS) is 16.8. The highest BCUT2D eigenvalue weighted by molar-refractivity contribution is 7.15. The number of amides is 1. The van der Waals surface area contributed by atoms with Gasteiger partial charge in [0.15, 0.2) is 4.96 Å². The molecule has 1 N–H and O–H groups in total. The fourth-order valence-corrected chi connectivity index (χ4v) is 4.43. The number of hydrogen-bond acceptors (Lipinski definition) is 4. The van der Waals surface area contributed by atoms with E-state index < -0.39 is 17.2 Å². The number of imidazole rings is 1. The third kappa shape index (κ3) is 4.30. The van der Waals surface area contributed by atoms with Crippen molar-refractivity contribution in [2.75, 3.05) is 19.8 Å². The Bertz CT molecular complexity index is 977. The second-order valence-electron chi connectivity index (χ2n) is 7.25. The van der Waals surface area contributed by atoms with Gasteiger partial charge in [-0.05, 0) is 24.5 Å². The number of nitrogens with zero attached hydrogens (tertiary/aromatic N) is 2. The van der Waals surface area contributed by atoms with Gasteiger partial charge in [-0.1, -0.05) is 18.2 Å². The van der Waals surface area contributed by atoms with Crippen LogP contribution in [0, 0.1) is 0 Å². The highest BCUT2D eigenvalue weighted by atomic mass is 32.1. The van der Waals surface area contributed by atoms with Crippen LogP contribution in [-0.2, 0) is 27.5 Å². The van der Waals surface area contributed by atoms with E-state index in [0.717, 1.165) is 11.0 Å². The first-order valence-electron chi connectivity index (χ1n) is 9.29. The van der Waals surface area contributed by atoms with E-state index in [-0.39, 0.29) is 18.9 Å². The van der Waals surface area contributed by atoms with Crippen LogP contribution in [0.15, 0.2) is 42.0 Å². The van der Waals surface area contributed by atoms with Crippen molar-refractivity contribution in [3.63, 3.8) is 0 Å². The monoisotopic (exact) mass is 423 g/mol. The van der Waals surface area contributed by atoms with Gasteiger partial charge in [0.1, 0.15) is 0 Å². The van der Waals surface area contributed by atoms with Crippen molar-refractivity contribution in [1.29, 1.82) is 0 Å². The molecule has 1 aromatic carbocycles. The van der Waals surface area contributed by atoms with Gasteiger partial charge in [0.2, 0.25) is 5.91 Å². The number of rotatable bonds is 5. The molecule has 1 amide bonds. The lowest BCUT2D eigenvalue weighted by molar-refractivity contribution is -0.137. The minimum Gasteiger partial charge on any atom is -0.381 e. The number of halogens is 3. The largest absolute Gasteiger partial charge is 0.416 e. The van der Waals surface area contributed by atoms with Gasteiger partial charge in [-0.15, -0.1) is 11.3 Å². The van der Waals surface area contributed by atoms with Crippen LogP contribution in [-0.4, -0.2) is 35.1 Å². The average molecular weight is 423 g/mol. The Morgan fingerprint density at radius 1 is 1.31 bits per heavy atom. The Balaban J connectivity index is 1.49. The van der Waals surface area contributed by atoms with Gasteiger partial charge in [0.05, 0.1) is 17.7 Å². The summed E-state index contributed by atoms with van der Waals surface area (Å²) < 4.78 is 46.8. The van der Waals surface area contributed by atoms with Gasteiger partial charge >= 0.3 is 6.18 Å². The SMILES string of the molecule is O=C(Cc1cn2ccsc2n1)NCC1(c2cccc(C(F)(F)F)c2)CCOCC1. The predicted molar refractivity (Wildman–Crippen MR) is 103 cm³/mol. The third-order valence-electron chi connectivity index (χ3n) is 5.36. The number of alkyl halides is 3. The van der Waals surface area contributed by atoms with E-state index >= 15 is 0 Å². The molecule has 0 unspecified atom stereocenters. The molecule has 29 heavy (non-hydrogen) atoms. The van der Waals surface area contributed by atoms with E-state index in [4.69, 9.17) is 4.74 Å². The lowest BCUT2D eigenvalue weighted by Gasteiger charge is -2.38. The minimum absolute atomic E-state index is 0.129. The van der Waals surface area contributed by atoms with Crippen molar-refractivity contribution in [1.82, 2.24) is 14.7 Å². The summed E-state index contributed by atoms with van der Waals surface area (Å²) in [7, 11) is 0. The zero-order valence-corrected chi connectivity index (χ0v) is 16.4. The zero-order valence-electron chi connectivity index (χ0n) is 15.5. The number of fused-ring (bicyclic) bond motifs is 1. The Morgan fingerprint density at radius 2 is 2.10 bits per heavy atom. The predicted octanol–water partition coefficient (Wildman–Crippen LogP) is 3.82. The van der Waals surface area contributed by atoms with Crippen LogP contribution >= 0.6 is 11.3 Å². The smallest absolute Gasteiger partial charge is 0.381 e. The van der Waals surface area contributed by atoms with Crippen LogP contribution in [0.2, 0.25) is 0 Å². The lowest BCUT2D eigenvalue weighted by atomic mass is 9.73. The molecule has 154 valence electrons. The summed E-state index contributed by atoms with van der Waals surface area (Å²) in [4.78, 5) is 17.7. The van der Waals surface area contributed by atoms with Crippen molar-refractivity contribution in [3.8, 4) is 0 Å². The number of carbonyl (C=O) groups excluding carboxylic acids is 1. The van der Waals surface area contributed by atoms with Crippen LogP contribution in [0.3, 0.4) is 0 Å². The molecule has 0 spiro atoms. The molecule has 2 aromatic heterocycles. The summed E-state index contributed by atoms with van der Waals surface area (Å²) in [5, 5.41) is 4.83. The molecule has 1 fully saturated rings. The molecule has 3 heterocycles. The molecular weight excluding hydrogens is 403 g/mol. The van der Waals surface area contributed by atoms with Gasteiger partial charge in [0, 0.05) is 42.9 Å². The quantitative estimate of drug-likeness (QED) is 0.679. The molecule has 0 radical (unpaired) electrons. The minimum atomic E-state index is -4.40. The summed E-state index contributed by atoms with van der Waals surface area (Å²) in [6.07, 6.45) is 0.508. The molecule has 0 aliphatic carbocycles. The maximum Gasteiger partial charge on any atom is 0.416 e. The van der Waals surface area contributed by atoms with Crippen molar-refractivity contribution >= 4 is 22.2 Å². The van der Waals surface area contributed by atoms with Crippen LogP contribution in [0.5, 0.6) is 0 Å². The molecule has 1 aliphatic rings. The van der Waals surface area contributed by atoms with Crippen molar-refractivity contribution in [2.45, 2.75) is 30.9 Å². The van der Waals surface area contributed by atoms with E-state index in [9.17, 15) is 18.0 Å². The Hall–Kier alpha value is -2.39. The Morgan fingerprint density at radius 3 is 2.83 bits per heavy atom. The average Bonchev–Trinajstić information content (AvgIpc) is 3.28. The standard InChI is InChI=1S/C20H20F3N3O2S/c21-20(22,23)15-3-1-2-14(10-15)19(4-7-28-8-5-19)13-24-17(27)11-16-12-26-6-9-29-18(26)25-16/h1-3,6,9-10,12H,4-5,7-8,11,13H2,(H,24,27). The number of nitrogens with one attached hydrogen (secondary N) is 1. The van der Waals surface area contributed by atoms with Crippen LogP contribution in [0.4, 0.5) is 13.2 Å². The van der Waals surface area contributed by atoms with Gasteiger partial charge in [0.25, 0.3) is 0 Å². The van der Waals surface area contributed by atoms with Crippen molar-refractivity contribution in [3.05, 3.63) is 58.9 Å². The van der Waals surface area contributed by atoms with Gasteiger partial charge in [-0.25, -0.2) is 4.98 Å². The number of thiazole rings is 1. The maximum atomic E-state index is 13.2. The van der Waals surface area contributed by atoms with Crippen molar-refractivity contribution < 1.29 is 22.7 Å². The van der Waals surface area contributed by atoms with E-state index in [1.54, 1.807) is 6.07 Å². The molecule has 3 aromatic rings. The number of ether oxygens (including phenoxy) is 1. The molecule has 4 rings (SSSR count). The van der Waals surface area contributed by atoms with E-state index in [2.05, 4.69) is 10.3 Å². The summed E-state index contributed by atoms with van der Waals surface area (Å²) in [5.41, 5.74) is -0.0119. The Kier molecular flexibility index (Phi) is 5.35. The van der Waals surface area contributed by atoms with Gasteiger partial charge < -0.3 is 10.1 Å². The van der Waals surface area contributed by atoms with Crippen LogP contribution < -0.4 is 5.32 Å². The molecule has 5 nitrogen and oxygen atoms in total. The number of carbonyl (C=O) groups is 1. The molecular formula is C20H20F3N3O2S. The topological polar surface area (TPSA) is 55.6 Å². The highest BCUT2D eigenvalue weighted by Gasteiger charge is 2.37. The summed E-state index contributed by atoms with van der Waals surface area (Å²) in [6.45, 7) is 1.16. The molecule has 0 atom stereocenters. The summed E-state index contributed by atoms with van der Waals surface area (Å²) in [5.74, 6) is -0.200. The second kappa shape index (κ2) is 7.79. The first kappa shape index (κ1) is 19.9. The first-order valence-corrected chi connectivity index (χ1v) is 10.2. The maximum absolute atomic E-state index is 13.2. The van der Waals surface area contributed by atoms with E-state index in [0.29, 0.717) is 37.3 Å². The number of hydrogen-bond donors (Lipinski definition) is 1. The second-order valence-corrected chi connectivity index (χ2v) is 8.12. The summed E-state index contributed by atoms with van der Waals surface area (Å²) in [6, 6.07) is 5.39. The zero-order chi connectivity index (χ0) is 20.5. The first-order chi connectivity index (χ1) is 13.9. The number of benzene rings is 1. The molecule has 9 heteroatoms. The van der Waals surface area contributed by atoms with Gasteiger partial charge in [-0.2, -0.15) is 13.2 Å². The van der Waals surface area contributed by atoms with Gasteiger partial charge in [-0.3, -0.25) is 9.20 Å².